The Balaban J connectivity index is 2.07. The van der Waals surface area contributed by atoms with Crippen molar-refractivity contribution in [1.29, 1.82) is 0 Å². The second-order valence-corrected chi connectivity index (χ2v) is 4.88. The molecule has 0 spiro atoms. The van der Waals surface area contributed by atoms with Gasteiger partial charge in [0, 0.05) is 16.7 Å². The summed E-state index contributed by atoms with van der Waals surface area (Å²) >= 11 is 0. The Labute approximate surface area is 125 Å². The molecular formula is C14H10O7P+. The highest BCUT2D eigenvalue weighted by atomic mass is 31.1. The van der Waals surface area contributed by atoms with Crippen LogP contribution in [0.1, 0.15) is 20.7 Å². The molecule has 8 heteroatoms. The van der Waals surface area contributed by atoms with Crippen molar-refractivity contribution in [2.24, 2.45) is 0 Å². The van der Waals surface area contributed by atoms with Crippen molar-refractivity contribution in [2.45, 2.75) is 0 Å². The number of carboxylic acids is 2. The zero-order valence-corrected chi connectivity index (χ0v) is 11.9. The molecule has 0 saturated heterocycles. The molecule has 0 bridgehead atoms. The average Bonchev–Trinajstić information content (AvgIpc) is 2.47. The summed E-state index contributed by atoms with van der Waals surface area (Å²) in [4.78, 5) is 21.6. The maximum atomic E-state index is 11.8. The number of carboxylic acid groups (broad SMARTS) is 2. The molecule has 0 aliphatic rings. The van der Waals surface area contributed by atoms with E-state index in [2.05, 4.69) is 0 Å². The van der Waals surface area contributed by atoms with Gasteiger partial charge in [0.1, 0.15) is 0 Å². The normalized spacial score (nSPS) is 9.82. The molecule has 0 unspecified atom stereocenters. The highest BCUT2D eigenvalue weighted by Gasteiger charge is 2.25. The van der Waals surface area contributed by atoms with Gasteiger partial charge in [-0.3, -0.25) is 0 Å². The maximum Gasteiger partial charge on any atom is 0.805 e. The number of hydrogen-bond donors (Lipinski definition) is 2. The van der Waals surface area contributed by atoms with Gasteiger partial charge in [-0.15, -0.1) is 0 Å². The molecule has 112 valence electrons. The second kappa shape index (κ2) is 6.69. The molecule has 0 saturated carbocycles. The number of aromatic carboxylic acids is 2. The first-order valence-corrected chi connectivity index (χ1v) is 7.05. The van der Waals surface area contributed by atoms with E-state index >= 15 is 0 Å². The van der Waals surface area contributed by atoms with Gasteiger partial charge < -0.3 is 10.2 Å². The molecule has 7 nitrogen and oxygen atoms in total. The van der Waals surface area contributed by atoms with Crippen LogP contribution in [-0.2, 0) is 4.57 Å². The molecule has 0 heterocycles. The SMILES string of the molecule is O=C(O)c1cccc(O[P+](=O)Oc2cccc(C(=O)O)c2)c1. The first kappa shape index (κ1) is 15.5. The Hall–Kier alpha value is -2.92. The highest BCUT2D eigenvalue weighted by molar-refractivity contribution is 7.34. The van der Waals surface area contributed by atoms with E-state index in [9.17, 15) is 14.2 Å². The Morgan fingerprint density at radius 3 is 1.59 bits per heavy atom. The fraction of sp³-hybridized carbons (Fsp3) is 0. The lowest BCUT2D eigenvalue weighted by molar-refractivity contribution is 0.0686. The molecular weight excluding hydrogens is 311 g/mol. The van der Waals surface area contributed by atoms with Crippen LogP contribution >= 0.6 is 8.25 Å². The van der Waals surface area contributed by atoms with E-state index in [0.29, 0.717) is 0 Å². The van der Waals surface area contributed by atoms with Gasteiger partial charge in [0.15, 0.2) is 11.5 Å². The molecule has 0 amide bonds. The van der Waals surface area contributed by atoms with Crippen molar-refractivity contribution in [2.75, 3.05) is 0 Å². The van der Waals surface area contributed by atoms with Crippen molar-refractivity contribution in [3.8, 4) is 11.5 Å². The summed E-state index contributed by atoms with van der Waals surface area (Å²) in [7, 11) is -2.63. The third kappa shape index (κ3) is 4.04. The van der Waals surface area contributed by atoms with Gasteiger partial charge in [-0.1, -0.05) is 12.1 Å². The first-order chi connectivity index (χ1) is 10.5. The lowest BCUT2D eigenvalue weighted by atomic mass is 10.2. The third-order valence-corrected chi connectivity index (χ3v) is 3.24. The molecule has 2 aromatic carbocycles. The number of benzene rings is 2. The van der Waals surface area contributed by atoms with Gasteiger partial charge in [0.05, 0.1) is 11.1 Å². The molecule has 0 aliphatic carbocycles. The zero-order chi connectivity index (χ0) is 16.1. The number of carbonyl (C=O) groups is 2. The van der Waals surface area contributed by atoms with E-state index in [0.717, 1.165) is 0 Å². The summed E-state index contributed by atoms with van der Waals surface area (Å²) in [6, 6.07) is 10.9. The van der Waals surface area contributed by atoms with E-state index in [1.807, 2.05) is 0 Å². The topological polar surface area (TPSA) is 110 Å². The smallest absolute Gasteiger partial charge is 0.478 e. The predicted octanol–water partition coefficient (Wildman–Crippen LogP) is 3.20. The number of hydrogen-bond acceptors (Lipinski definition) is 5. The quantitative estimate of drug-likeness (QED) is 0.786. The molecule has 22 heavy (non-hydrogen) atoms. The standard InChI is InChI=1S/C14H9O7P/c15-13(16)9-3-1-5-11(7-9)20-22(19)21-12-6-2-4-10(8-12)14(17)18/h1-8H,(H-,15,16,17,18)/p+1. The molecule has 0 radical (unpaired) electrons. The van der Waals surface area contributed by atoms with Crippen LogP contribution in [0, 0.1) is 0 Å². The molecule has 2 aromatic rings. The Bertz CT molecular complexity index is 680. The fourth-order valence-electron chi connectivity index (χ4n) is 1.56. The summed E-state index contributed by atoms with van der Waals surface area (Å²) in [5.74, 6) is -2.16. The molecule has 0 aliphatic heterocycles. The number of rotatable bonds is 6. The van der Waals surface area contributed by atoms with Gasteiger partial charge in [-0.05, 0) is 24.3 Å². The van der Waals surface area contributed by atoms with Crippen molar-refractivity contribution < 1.29 is 33.4 Å². The van der Waals surface area contributed by atoms with Crippen molar-refractivity contribution >= 4 is 20.2 Å². The highest BCUT2D eigenvalue weighted by Crippen LogP contribution is 2.31. The molecule has 0 atom stereocenters. The summed E-state index contributed by atoms with van der Waals surface area (Å²) < 4.78 is 21.7. The first-order valence-electron chi connectivity index (χ1n) is 5.95. The van der Waals surface area contributed by atoms with E-state index < -0.39 is 20.2 Å². The van der Waals surface area contributed by atoms with Crippen molar-refractivity contribution in [3.05, 3.63) is 59.7 Å². The molecule has 2 N–H and O–H groups in total. The van der Waals surface area contributed by atoms with Gasteiger partial charge in [0.25, 0.3) is 0 Å². The van der Waals surface area contributed by atoms with Crippen molar-refractivity contribution in [1.82, 2.24) is 0 Å². The van der Waals surface area contributed by atoms with E-state index in [4.69, 9.17) is 19.3 Å². The minimum atomic E-state index is -2.63. The molecule has 2 rings (SSSR count). The van der Waals surface area contributed by atoms with Crippen LogP contribution in [0.25, 0.3) is 0 Å². The maximum absolute atomic E-state index is 11.8. The third-order valence-electron chi connectivity index (χ3n) is 2.52. The van der Waals surface area contributed by atoms with Crippen LogP contribution in [0.3, 0.4) is 0 Å². The summed E-state index contributed by atoms with van der Waals surface area (Å²) in [6.07, 6.45) is 0. The predicted molar refractivity (Wildman–Crippen MR) is 75.7 cm³/mol. The summed E-state index contributed by atoms with van der Waals surface area (Å²) in [6.45, 7) is 0. The Morgan fingerprint density at radius 2 is 1.23 bits per heavy atom. The van der Waals surface area contributed by atoms with E-state index in [-0.39, 0.29) is 22.6 Å². The van der Waals surface area contributed by atoms with Crippen LogP contribution in [-0.4, -0.2) is 22.2 Å². The Morgan fingerprint density at radius 1 is 0.818 bits per heavy atom. The Kier molecular flexibility index (Phi) is 4.70. The van der Waals surface area contributed by atoms with Gasteiger partial charge in [0.2, 0.25) is 0 Å². The van der Waals surface area contributed by atoms with Gasteiger partial charge in [-0.25, -0.2) is 18.6 Å². The van der Waals surface area contributed by atoms with Crippen LogP contribution < -0.4 is 9.05 Å². The monoisotopic (exact) mass is 321 g/mol. The molecule has 0 aromatic heterocycles. The minimum Gasteiger partial charge on any atom is -0.478 e. The summed E-state index contributed by atoms with van der Waals surface area (Å²) in [5.41, 5.74) is -0.0393. The average molecular weight is 321 g/mol. The van der Waals surface area contributed by atoms with Crippen LogP contribution in [0.2, 0.25) is 0 Å². The molecule has 0 fully saturated rings. The lowest BCUT2D eigenvalue weighted by Gasteiger charge is -1.97. The van der Waals surface area contributed by atoms with Crippen LogP contribution in [0.15, 0.2) is 48.5 Å². The fourth-order valence-corrected chi connectivity index (χ4v) is 2.17. The van der Waals surface area contributed by atoms with Gasteiger partial charge in [-0.2, -0.15) is 0 Å². The van der Waals surface area contributed by atoms with E-state index in [1.54, 1.807) is 0 Å². The lowest BCUT2D eigenvalue weighted by Crippen LogP contribution is -1.97. The second-order valence-electron chi connectivity index (χ2n) is 4.07. The van der Waals surface area contributed by atoms with Crippen LogP contribution in [0.4, 0.5) is 0 Å². The summed E-state index contributed by atoms with van der Waals surface area (Å²) in [5, 5.41) is 17.7. The zero-order valence-electron chi connectivity index (χ0n) is 11.0. The van der Waals surface area contributed by atoms with Crippen molar-refractivity contribution in [3.63, 3.8) is 0 Å². The van der Waals surface area contributed by atoms with Gasteiger partial charge >= 0.3 is 20.2 Å². The largest absolute Gasteiger partial charge is 0.805 e. The minimum absolute atomic E-state index is 0.0197. The van der Waals surface area contributed by atoms with E-state index in [1.165, 1.54) is 48.5 Å². The van der Waals surface area contributed by atoms with Crippen LogP contribution in [0.5, 0.6) is 11.5 Å².